The lowest BCUT2D eigenvalue weighted by molar-refractivity contribution is 0.360. The van der Waals surface area contributed by atoms with Crippen LogP contribution in [-0.4, -0.2) is 14.8 Å². The number of fused-ring (bicyclic) bond motifs is 1. The van der Waals surface area contributed by atoms with Crippen LogP contribution in [0.5, 0.6) is 0 Å². The van der Waals surface area contributed by atoms with Gasteiger partial charge in [0.15, 0.2) is 0 Å². The van der Waals surface area contributed by atoms with Crippen LogP contribution in [0, 0.1) is 0 Å². The van der Waals surface area contributed by atoms with Gasteiger partial charge in [0, 0.05) is 11.3 Å². The van der Waals surface area contributed by atoms with Crippen molar-refractivity contribution < 1.29 is 4.42 Å². The highest BCUT2D eigenvalue weighted by molar-refractivity contribution is 7.10. The van der Waals surface area contributed by atoms with E-state index in [-0.39, 0.29) is 12.1 Å². The third kappa shape index (κ3) is 1.76. The van der Waals surface area contributed by atoms with Crippen LogP contribution in [0.4, 0.5) is 5.95 Å². The Hall–Kier alpha value is -2.08. The lowest BCUT2D eigenvalue weighted by atomic mass is 10.0. The molecular weight excluding hydrogens is 260 g/mol. The van der Waals surface area contributed by atoms with Crippen molar-refractivity contribution in [1.29, 1.82) is 0 Å². The molecule has 4 rings (SSSR count). The molecule has 5 nitrogen and oxygen atoms in total. The molecule has 0 amide bonds. The van der Waals surface area contributed by atoms with Crippen LogP contribution < -0.4 is 5.32 Å². The van der Waals surface area contributed by atoms with Crippen molar-refractivity contribution >= 4 is 17.3 Å². The van der Waals surface area contributed by atoms with E-state index >= 15 is 0 Å². The zero-order valence-corrected chi connectivity index (χ0v) is 10.9. The number of rotatable bonds is 2. The maximum atomic E-state index is 5.55. The Morgan fingerprint density at radius 3 is 3.16 bits per heavy atom. The van der Waals surface area contributed by atoms with Crippen LogP contribution in [0.1, 0.15) is 29.1 Å². The molecule has 1 N–H and O–H groups in total. The minimum atomic E-state index is 0.0980. The van der Waals surface area contributed by atoms with Gasteiger partial charge in [0.1, 0.15) is 18.1 Å². The SMILES string of the molecule is c1coc([C@@H]2C[C@H](c3cccs3)Nc3ncnn32)c1. The standard InChI is InChI=1S/C13H12N4OS/c1-3-11(18-5-1)10-7-9(12-4-2-6-19-12)16-13-14-8-15-17(10)13/h1-6,8-10H,7H2,(H,14,15,16)/t9-,10+/m1/s1. The third-order valence-electron chi connectivity index (χ3n) is 3.39. The summed E-state index contributed by atoms with van der Waals surface area (Å²) in [6.07, 6.45) is 4.19. The van der Waals surface area contributed by atoms with Crippen LogP contribution in [0.15, 0.2) is 46.7 Å². The molecule has 1 aliphatic heterocycles. The molecule has 2 atom stereocenters. The Bertz CT molecular complexity index is 659. The Labute approximate surface area is 113 Å². The fourth-order valence-corrected chi connectivity index (χ4v) is 3.30. The van der Waals surface area contributed by atoms with Gasteiger partial charge in [-0.15, -0.1) is 11.3 Å². The van der Waals surface area contributed by atoms with E-state index in [1.807, 2.05) is 16.8 Å². The Kier molecular flexibility index (Phi) is 2.41. The van der Waals surface area contributed by atoms with Gasteiger partial charge in [-0.2, -0.15) is 10.1 Å². The average molecular weight is 272 g/mol. The molecule has 96 valence electrons. The summed E-state index contributed by atoms with van der Waals surface area (Å²) in [7, 11) is 0. The van der Waals surface area contributed by atoms with Gasteiger partial charge in [-0.25, -0.2) is 4.68 Å². The molecule has 0 saturated heterocycles. The molecule has 0 bridgehead atoms. The fraction of sp³-hybridized carbons (Fsp3) is 0.231. The topological polar surface area (TPSA) is 55.9 Å². The molecule has 4 heterocycles. The highest BCUT2D eigenvalue weighted by Crippen LogP contribution is 2.38. The van der Waals surface area contributed by atoms with Crippen molar-refractivity contribution in [2.24, 2.45) is 0 Å². The molecule has 3 aromatic heterocycles. The minimum absolute atomic E-state index is 0.0980. The second-order valence-corrected chi connectivity index (χ2v) is 5.49. The van der Waals surface area contributed by atoms with Crippen LogP contribution in [0.25, 0.3) is 0 Å². The summed E-state index contributed by atoms with van der Waals surface area (Å²) >= 11 is 1.76. The second-order valence-electron chi connectivity index (χ2n) is 4.51. The first-order valence-corrected chi connectivity index (χ1v) is 7.02. The summed E-state index contributed by atoms with van der Waals surface area (Å²) < 4.78 is 7.44. The Balaban J connectivity index is 1.75. The molecule has 0 fully saturated rings. The van der Waals surface area contributed by atoms with Crippen molar-refractivity contribution in [3.8, 4) is 0 Å². The maximum Gasteiger partial charge on any atom is 0.222 e. The minimum Gasteiger partial charge on any atom is -0.467 e. The number of hydrogen-bond donors (Lipinski definition) is 1. The first kappa shape index (κ1) is 10.8. The second kappa shape index (κ2) is 4.24. The van der Waals surface area contributed by atoms with E-state index in [1.165, 1.54) is 4.88 Å². The predicted molar refractivity (Wildman–Crippen MR) is 72.2 cm³/mol. The van der Waals surface area contributed by atoms with E-state index in [4.69, 9.17) is 4.42 Å². The quantitative estimate of drug-likeness (QED) is 0.779. The lowest BCUT2D eigenvalue weighted by Gasteiger charge is -2.29. The maximum absolute atomic E-state index is 5.55. The molecule has 0 saturated carbocycles. The summed E-state index contributed by atoms with van der Waals surface area (Å²) in [5, 5.41) is 9.82. The normalized spacial score (nSPS) is 21.9. The third-order valence-corrected chi connectivity index (χ3v) is 4.37. The number of anilines is 1. The van der Waals surface area contributed by atoms with Crippen molar-refractivity contribution in [2.75, 3.05) is 5.32 Å². The number of furan rings is 1. The molecule has 6 heteroatoms. The van der Waals surface area contributed by atoms with E-state index < -0.39 is 0 Å². The smallest absolute Gasteiger partial charge is 0.222 e. The predicted octanol–water partition coefficient (Wildman–Crippen LogP) is 3.08. The molecular formula is C13H12N4OS. The number of hydrogen-bond acceptors (Lipinski definition) is 5. The molecule has 0 aromatic carbocycles. The molecule has 0 unspecified atom stereocenters. The van der Waals surface area contributed by atoms with Gasteiger partial charge in [0.05, 0.1) is 12.3 Å². The first-order chi connectivity index (χ1) is 9.42. The number of thiophene rings is 1. The van der Waals surface area contributed by atoms with Gasteiger partial charge in [0.2, 0.25) is 5.95 Å². The zero-order chi connectivity index (χ0) is 12.7. The monoisotopic (exact) mass is 272 g/mol. The highest BCUT2D eigenvalue weighted by Gasteiger charge is 2.31. The Morgan fingerprint density at radius 1 is 1.37 bits per heavy atom. The van der Waals surface area contributed by atoms with Crippen molar-refractivity contribution in [2.45, 2.75) is 18.5 Å². The highest BCUT2D eigenvalue weighted by atomic mass is 32.1. The molecule has 0 aliphatic carbocycles. The van der Waals surface area contributed by atoms with E-state index in [1.54, 1.807) is 23.9 Å². The number of nitrogens with one attached hydrogen (secondary N) is 1. The summed E-state index contributed by atoms with van der Waals surface area (Å²) in [4.78, 5) is 5.59. The van der Waals surface area contributed by atoms with E-state index in [2.05, 4.69) is 32.9 Å². The summed E-state index contributed by atoms with van der Waals surface area (Å²) in [6, 6.07) is 8.48. The van der Waals surface area contributed by atoms with Gasteiger partial charge < -0.3 is 9.73 Å². The average Bonchev–Trinajstić information content (AvgIpc) is 3.18. The van der Waals surface area contributed by atoms with Gasteiger partial charge in [-0.1, -0.05) is 6.07 Å². The summed E-state index contributed by atoms with van der Waals surface area (Å²) in [5.41, 5.74) is 0. The molecule has 3 aromatic rings. The van der Waals surface area contributed by atoms with E-state index in [0.717, 1.165) is 18.1 Å². The summed E-state index contributed by atoms with van der Waals surface area (Å²) in [6.45, 7) is 0. The summed E-state index contributed by atoms with van der Waals surface area (Å²) in [5.74, 6) is 1.72. The Morgan fingerprint density at radius 2 is 2.37 bits per heavy atom. The van der Waals surface area contributed by atoms with Gasteiger partial charge in [-0.05, 0) is 23.6 Å². The fourth-order valence-electron chi connectivity index (χ4n) is 2.51. The van der Waals surface area contributed by atoms with Gasteiger partial charge in [-0.3, -0.25) is 0 Å². The molecule has 0 spiro atoms. The number of aromatic nitrogens is 3. The van der Waals surface area contributed by atoms with Crippen molar-refractivity contribution in [3.05, 3.63) is 52.9 Å². The largest absolute Gasteiger partial charge is 0.467 e. The molecule has 0 radical (unpaired) electrons. The van der Waals surface area contributed by atoms with E-state index in [9.17, 15) is 0 Å². The van der Waals surface area contributed by atoms with Crippen molar-refractivity contribution in [1.82, 2.24) is 14.8 Å². The van der Waals surface area contributed by atoms with Crippen LogP contribution in [0.2, 0.25) is 0 Å². The van der Waals surface area contributed by atoms with Crippen LogP contribution in [-0.2, 0) is 0 Å². The van der Waals surface area contributed by atoms with Crippen LogP contribution in [0.3, 0.4) is 0 Å². The van der Waals surface area contributed by atoms with Gasteiger partial charge >= 0.3 is 0 Å². The number of nitrogens with zero attached hydrogens (tertiary/aromatic N) is 3. The zero-order valence-electron chi connectivity index (χ0n) is 10.1. The van der Waals surface area contributed by atoms with E-state index in [0.29, 0.717) is 0 Å². The van der Waals surface area contributed by atoms with Crippen LogP contribution >= 0.6 is 11.3 Å². The van der Waals surface area contributed by atoms with Crippen molar-refractivity contribution in [3.63, 3.8) is 0 Å². The molecule has 19 heavy (non-hydrogen) atoms. The first-order valence-electron chi connectivity index (χ1n) is 6.14. The lowest BCUT2D eigenvalue weighted by Crippen LogP contribution is -2.27. The van der Waals surface area contributed by atoms with Gasteiger partial charge in [0.25, 0.3) is 0 Å². The molecule has 1 aliphatic rings.